The van der Waals surface area contributed by atoms with Gasteiger partial charge in [-0.05, 0) is 49.4 Å². The summed E-state index contributed by atoms with van der Waals surface area (Å²) >= 11 is 13.4. The summed E-state index contributed by atoms with van der Waals surface area (Å²) in [5, 5.41) is 3.61. The van der Waals surface area contributed by atoms with Crippen molar-refractivity contribution in [3.05, 3.63) is 58.1 Å². The fourth-order valence-electron chi connectivity index (χ4n) is 3.17. The molecule has 0 saturated carbocycles. The monoisotopic (exact) mass is 378 g/mol. The van der Waals surface area contributed by atoms with E-state index in [1.54, 1.807) is 54.3 Å². The van der Waals surface area contributed by atoms with E-state index in [9.17, 15) is 9.59 Å². The quantitative estimate of drug-likeness (QED) is 0.805. The Labute approximate surface area is 153 Å². The van der Waals surface area contributed by atoms with Crippen molar-refractivity contribution in [3.8, 4) is 0 Å². The number of carbonyl (C=O) groups is 2. The van der Waals surface area contributed by atoms with E-state index in [2.05, 4.69) is 5.32 Å². The SMILES string of the molecule is C[C@H]1S[C@@]2(C(=O)Nc3ccc(Cl)cc32)N(c2ccc(Cl)cc2)C1=O. The van der Waals surface area contributed by atoms with Gasteiger partial charge in [-0.15, -0.1) is 11.8 Å². The van der Waals surface area contributed by atoms with E-state index >= 15 is 0 Å². The van der Waals surface area contributed by atoms with Crippen LogP contribution >= 0.6 is 35.0 Å². The van der Waals surface area contributed by atoms with Crippen LogP contribution in [-0.2, 0) is 14.5 Å². The molecule has 1 fully saturated rings. The van der Waals surface area contributed by atoms with E-state index < -0.39 is 4.87 Å². The van der Waals surface area contributed by atoms with E-state index in [0.29, 0.717) is 27.0 Å². The number of nitrogens with one attached hydrogen (secondary N) is 1. The van der Waals surface area contributed by atoms with Gasteiger partial charge in [-0.1, -0.05) is 23.2 Å². The summed E-state index contributed by atoms with van der Waals surface area (Å²) < 4.78 is 0. The molecule has 0 aliphatic carbocycles. The van der Waals surface area contributed by atoms with E-state index in [-0.39, 0.29) is 17.1 Å². The number of hydrogen-bond acceptors (Lipinski definition) is 3. The molecule has 2 amide bonds. The maximum Gasteiger partial charge on any atom is 0.266 e. The fourth-order valence-corrected chi connectivity index (χ4v) is 4.94. The average Bonchev–Trinajstić information content (AvgIpc) is 2.97. The van der Waals surface area contributed by atoms with Gasteiger partial charge in [0.05, 0.1) is 5.25 Å². The summed E-state index contributed by atoms with van der Waals surface area (Å²) in [4.78, 5) is 26.2. The molecule has 2 aromatic rings. The molecule has 0 bridgehead atoms. The number of nitrogens with zero attached hydrogens (tertiary/aromatic N) is 1. The Morgan fingerprint density at radius 1 is 1.08 bits per heavy atom. The highest BCUT2D eigenvalue weighted by Crippen LogP contribution is 2.56. The third-order valence-electron chi connectivity index (χ3n) is 4.22. The highest BCUT2D eigenvalue weighted by Gasteiger charge is 2.60. The summed E-state index contributed by atoms with van der Waals surface area (Å²) in [5.74, 6) is -0.359. The van der Waals surface area contributed by atoms with Crippen molar-refractivity contribution in [3.63, 3.8) is 0 Å². The van der Waals surface area contributed by atoms with Gasteiger partial charge in [0, 0.05) is 27.0 Å². The van der Waals surface area contributed by atoms with Crippen LogP contribution in [0.2, 0.25) is 10.0 Å². The first kappa shape index (κ1) is 15.8. The van der Waals surface area contributed by atoms with Crippen LogP contribution in [-0.4, -0.2) is 17.1 Å². The van der Waals surface area contributed by atoms with Gasteiger partial charge in [-0.2, -0.15) is 0 Å². The number of fused-ring (bicyclic) bond motifs is 2. The summed E-state index contributed by atoms with van der Waals surface area (Å²) in [6, 6.07) is 12.1. The van der Waals surface area contributed by atoms with E-state index in [1.807, 2.05) is 0 Å². The topological polar surface area (TPSA) is 49.4 Å². The molecule has 7 heteroatoms. The predicted molar refractivity (Wildman–Crippen MR) is 97.8 cm³/mol. The molecular weight excluding hydrogens is 367 g/mol. The largest absolute Gasteiger partial charge is 0.323 e. The van der Waals surface area contributed by atoms with Crippen LogP contribution in [0, 0.1) is 0 Å². The minimum Gasteiger partial charge on any atom is -0.323 e. The molecule has 122 valence electrons. The van der Waals surface area contributed by atoms with E-state index in [1.165, 1.54) is 11.8 Å². The van der Waals surface area contributed by atoms with Crippen LogP contribution in [0.15, 0.2) is 42.5 Å². The Bertz CT molecular complexity index is 871. The fraction of sp³-hybridized carbons (Fsp3) is 0.176. The maximum atomic E-state index is 12.9. The molecule has 2 aliphatic rings. The van der Waals surface area contributed by atoms with Crippen LogP contribution < -0.4 is 10.2 Å². The zero-order valence-corrected chi connectivity index (χ0v) is 14.9. The lowest BCUT2D eigenvalue weighted by Gasteiger charge is -2.32. The molecule has 2 aromatic carbocycles. The summed E-state index contributed by atoms with van der Waals surface area (Å²) in [6.45, 7) is 1.81. The molecule has 1 N–H and O–H groups in total. The Morgan fingerprint density at radius 2 is 1.75 bits per heavy atom. The number of anilines is 2. The zero-order chi connectivity index (χ0) is 17.1. The highest BCUT2D eigenvalue weighted by atomic mass is 35.5. The lowest BCUT2D eigenvalue weighted by atomic mass is 10.0. The van der Waals surface area contributed by atoms with E-state index in [4.69, 9.17) is 23.2 Å². The van der Waals surface area contributed by atoms with Crippen LogP contribution in [0.3, 0.4) is 0 Å². The molecule has 0 unspecified atom stereocenters. The average molecular weight is 379 g/mol. The minimum atomic E-state index is -1.15. The first-order valence-electron chi connectivity index (χ1n) is 7.32. The number of thioether (sulfide) groups is 1. The van der Waals surface area contributed by atoms with Gasteiger partial charge in [0.2, 0.25) is 10.8 Å². The number of amides is 2. The van der Waals surface area contributed by atoms with Gasteiger partial charge in [0.1, 0.15) is 0 Å². The number of benzene rings is 2. The second kappa shape index (κ2) is 5.41. The molecule has 0 aromatic heterocycles. The molecular formula is C17H12Cl2N2O2S. The zero-order valence-electron chi connectivity index (χ0n) is 12.5. The Kier molecular flexibility index (Phi) is 3.56. The lowest BCUT2D eigenvalue weighted by molar-refractivity contribution is -0.122. The molecule has 0 radical (unpaired) electrons. The molecule has 2 heterocycles. The van der Waals surface area contributed by atoms with E-state index in [0.717, 1.165) is 0 Å². The minimum absolute atomic E-state index is 0.120. The Morgan fingerprint density at radius 3 is 2.46 bits per heavy atom. The first-order valence-corrected chi connectivity index (χ1v) is 8.96. The Balaban J connectivity index is 1.95. The third kappa shape index (κ3) is 2.08. The number of carbonyl (C=O) groups excluding carboxylic acids is 2. The Hall–Kier alpha value is -1.69. The van der Waals surface area contributed by atoms with Crippen molar-refractivity contribution in [2.45, 2.75) is 17.0 Å². The molecule has 2 aliphatic heterocycles. The normalized spacial score (nSPS) is 25.3. The van der Waals surface area contributed by atoms with Gasteiger partial charge < -0.3 is 5.32 Å². The molecule has 1 saturated heterocycles. The maximum absolute atomic E-state index is 12.9. The summed E-state index contributed by atoms with van der Waals surface area (Å²) in [5.41, 5.74) is 2.01. The van der Waals surface area contributed by atoms with Gasteiger partial charge in [0.25, 0.3) is 5.91 Å². The first-order chi connectivity index (χ1) is 11.4. The van der Waals surface area contributed by atoms with Crippen LogP contribution in [0.1, 0.15) is 12.5 Å². The highest BCUT2D eigenvalue weighted by molar-refractivity contribution is 8.03. The molecule has 4 nitrogen and oxygen atoms in total. The summed E-state index contributed by atoms with van der Waals surface area (Å²) in [7, 11) is 0. The van der Waals surface area contributed by atoms with Crippen molar-refractivity contribution in [2.24, 2.45) is 0 Å². The number of halogens is 2. The molecule has 24 heavy (non-hydrogen) atoms. The molecule has 4 rings (SSSR count). The van der Waals surface area contributed by atoms with Crippen molar-refractivity contribution in [2.75, 3.05) is 10.2 Å². The van der Waals surface area contributed by atoms with Crippen molar-refractivity contribution < 1.29 is 9.59 Å². The van der Waals surface area contributed by atoms with Crippen molar-refractivity contribution in [1.82, 2.24) is 0 Å². The van der Waals surface area contributed by atoms with Gasteiger partial charge in [0.15, 0.2) is 0 Å². The summed E-state index contributed by atoms with van der Waals surface area (Å²) in [6.07, 6.45) is 0. The second-order valence-electron chi connectivity index (χ2n) is 5.70. The standard InChI is InChI=1S/C17H12Cl2N2O2S/c1-9-15(22)21(12-5-2-10(18)3-6-12)17(24-9)13-8-11(19)4-7-14(13)20-16(17)23/h2-9H,1H3,(H,20,23)/t9-,17+/m1/s1. The second-order valence-corrected chi connectivity index (χ2v) is 8.10. The predicted octanol–water partition coefficient (Wildman–Crippen LogP) is 4.27. The molecule has 2 atom stereocenters. The van der Waals surface area contributed by atoms with Crippen molar-refractivity contribution >= 4 is 58.2 Å². The van der Waals surface area contributed by atoms with Crippen LogP contribution in [0.4, 0.5) is 11.4 Å². The van der Waals surface area contributed by atoms with Gasteiger partial charge in [-0.25, -0.2) is 0 Å². The third-order valence-corrected chi connectivity index (χ3v) is 6.19. The lowest BCUT2D eigenvalue weighted by Crippen LogP contribution is -2.47. The number of rotatable bonds is 1. The van der Waals surface area contributed by atoms with Gasteiger partial charge in [-0.3, -0.25) is 14.5 Å². The molecule has 1 spiro atoms. The van der Waals surface area contributed by atoms with Gasteiger partial charge >= 0.3 is 0 Å². The smallest absolute Gasteiger partial charge is 0.266 e. The van der Waals surface area contributed by atoms with Crippen LogP contribution in [0.5, 0.6) is 0 Å². The van der Waals surface area contributed by atoms with Crippen LogP contribution in [0.25, 0.3) is 0 Å². The number of hydrogen-bond donors (Lipinski definition) is 1. The van der Waals surface area contributed by atoms with Crippen molar-refractivity contribution in [1.29, 1.82) is 0 Å².